The monoisotopic (exact) mass is 402 g/mol. The van der Waals surface area contributed by atoms with Gasteiger partial charge in [0.25, 0.3) is 0 Å². The highest BCUT2D eigenvalue weighted by atomic mass is 35.5. The average Bonchev–Trinajstić information content (AvgIpc) is 2.81. The van der Waals surface area contributed by atoms with E-state index in [-0.39, 0.29) is 6.42 Å². The van der Waals surface area contributed by atoms with Crippen LogP contribution in [0.5, 0.6) is 0 Å². The summed E-state index contributed by atoms with van der Waals surface area (Å²) in [4.78, 5) is 17.2. The van der Waals surface area contributed by atoms with Gasteiger partial charge in [-0.15, -0.1) is 11.8 Å². The van der Waals surface area contributed by atoms with Crippen LogP contribution in [0.3, 0.4) is 0 Å². The molecule has 0 aliphatic rings. The molecule has 0 unspecified atom stereocenters. The molecule has 0 spiro atoms. The van der Waals surface area contributed by atoms with Gasteiger partial charge < -0.3 is 14.5 Å². The van der Waals surface area contributed by atoms with Gasteiger partial charge in [0.05, 0.1) is 11.6 Å². The number of pyridine rings is 1. The molecule has 0 aromatic carbocycles. The van der Waals surface area contributed by atoms with Crippen LogP contribution in [0, 0.1) is 6.92 Å². The topological polar surface area (TPSA) is 64.4 Å². The summed E-state index contributed by atoms with van der Waals surface area (Å²) in [6, 6.07) is 1.31. The number of alkyl carbamates (subject to hydrolysis) is 1. The third-order valence-corrected chi connectivity index (χ3v) is 4.67. The van der Waals surface area contributed by atoms with E-state index in [4.69, 9.17) is 20.8 Å². The van der Waals surface area contributed by atoms with E-state index in [0.717, 1.165) is 10.5 Å². The van der Waals surface area contributed by atoms with E-state index in [1.807, 2.05) is 13.2 Å². The number of carbonyl (C=O) groups is 1. The van der Waals surface area contributed by atoms with Gasteiger partial charge in [0, 0.05) is 18.0 Å². The normalized spacial score (nSPS) is 13.0. The molecule has 0 radical (unpaired) electrons. The minimum atomic E-state index is -0.618. The Bertz CT molecular complexity index is 789. The molecular formula is C18H24ClFN2O3S. The first kappa shape index (κ1) is 20.8. The average molecular weight is 403 g/mol. The number of fused-ring (bicyclic) bond motifs is 1. The summed E-state index contributed by atoms with van der Waals surface area (Å²) in [7, 11) is 0. The fraction of sp³-hybridized carbons (Fsp3) is 0.556. The van der Waals surface area contributed by atoms with E-state index >= 15 is 0 Å². The first-order chi connectivity index (χ1) is 12.1. The highest BCUT2D eigenvalue weighted by Gasteiger charge is 2.23. The Balaban J connectivity index is 2.25. The van der Waals surface area contributed by atoms with Crippen LogP contribution in [0.2, 0.25) is 5.15 Å². The van der Waals surface area contributed by atoms with Crippen molar-refractivity contribution in [3.05, 3.63) is 22.5 Å². The molecule has 2 aromatic rings. The third kappa shape index (κ3) is 5.27. The molecule has 2 rings (SSSR count). The second kappa shape index (κ2) is 8.48. The van der Waals surface area contributed by atoms with Gasteiger partial charge in [-0.25, -0.2) is 9.78 Å². The van der Waals surface area contributed by atoms with Crippen LogP contribution in [0.15, 0.2) is 15.4 Å². The van der Waals surface area contributed by atoms with E-state index < -0.39 is 24.4 Å². The zero-order chi connectivity index (χ0) is 19.5. The number of furan rings is 1. The van der Waals surface area contributed by atoms with Crippen molar-refractivity contribution >= 4 is 40.6 Å². The quantitative estimate of drug-likeness (QED) is 0.524. The van der Waals surface area contributed by atoms with Gasteiger partial charge in [0.15, 0.2) is 5.58 Å². The fourth-order valence-corrected chi connectivity index (χ4v) is 3.38. The van der Waals surface area contributed by atoms with Crippen LogP contribution < -0.4 is 5.32 Å². The molecule has 1 amide bonds. The largest absolute Gasteiger partial charge is 0.458 e. The van der Waals surface area contributed by atoms with Gasteiger partial charge in [-0.1, -0.05) is 11.6 Å². The molecule has 0 aliphatic carbocycles. The van der Waals surface area contributed by atoms with Gasteiger partial charge in [-0.2, -0.15) is 0 Å². The second-order valence-electron chi connectivity index (χ2n) is 7.00. The summed E-state index contributed by atoms with van der Waals surface area (Å²) >= 11 is 7.59. The molecule has 5 nitrogen and oxygen atoms in total. The summed E-state index contributed by atoms with van der Waals surface area (Å²) in [5.74, 6) is 0.652. The number of nitrogens with zero attached hydrogens (tertiary/aromatic N) is 1. The number of nitrogens with one attached hydrogen (secondary N) is 1. The number of hydrogen-bond acceptors (Lipinski definition) is 5. The van der Waals surface area contributed by atoms with Crippen LogP contribution in [-0.2, 0) is 11.2 Å². The maximum absolute atomic E-state index is 13.0. The third-order valence-electron chi connectivity index (χ3n) is 3.74. The summed E-state index contributed by atoms with van der Waals surface area (Å²) in [6.45, 7) is 6.66. The lowest BCUT2D eigenvalue weighted by atomic mass is 10.1. The number of hydrogen-bond donors (Lipinski definition) is 1. The standard InChI is InChI=1S/C18H24ClFN2O3S/c1-10-12(24-16-13(26-5)9-14(19)22-15(10)16)8-11(6-7-20)21-17(23)25-18(2,3)4/h9,11H,6-8H2,1-5H3,(H,21,23)/t11-/m0/s1. The number of halogens is 2. The van der Waals surface area contributed by atoms with Gasteiger partial charge in [0.2, 0.25) is 0 Å². The van der Waals surface area contributed by atoms with Crippen LogP contribution in [0.25, 0.3) is 11.1 Å². The zero-order valence-corrected chi connectivity index (χ0v) is 17.2. The van der Waals surface area contributed by atoms with Crippen LogP contribution in [-0.4, -0.2) is 35.7 Å². The van der Waals surface area contributed by atoms with Gasteiger partial charge in [-0.05, 0) is 46.4 Å². The minimum Gasteiger partial charge on any atom is -0.458 e. The number of alkyl halides is 1. The van der Waals surface area contributed by atoms with E-state index in [2.05, 4.69) is 10.3 Å². The van der Waals surface area contributed by atoms with Crippen LogP contribution >= 0.6 is 23.4 Å². The molecule has 1 N–H and O–H groups in total. The predicted octanol–water partition coefficient (Wildman–Crippen LogP) is 5.31. The predicted molar refractivity (Wildman–Crippen MR) is 103 cm³/mol. The highest BCUT2D eigenvalue weighted by molar-refractivity contribution is 7.98. The van der Waals surface area contributed by atoms with Gasteiger partial charge in [0.1, 0.15) is 22.0 Å². The number of thioether (sulfide) groups is 1. The van der Waals surface area contributed by atoms with E-state index in [1.54, 1.807) is 26.8 Å². The molecule has 2 heterocycles. The Morgan fingerprint density at radius 2 is 2.19 bits per heavy atom. The van der Waals surface area contributed by atoms with Crippen molar-refractivity contribution in [2.45, 2.75) is 57.1 Å². The molecule has 8 heteroatoms. The number of ether oxygens (including phenoxy) is 1. The zero-order valence-electron chi connectivity index (χ0n) is 15.6. The number of amides is 1. The maximum Gasteiger partial charge on any atom is 0.407 e. The van der Waals surface area contributed by atoms with Crippen molar-refractivity contribution in [1.82, 2.24) is 10.3 Å². The maximum atomic E-state index is 13.0. The van der Waals surface area contributed by atoms with E-state index in [9.17, 15) is 9.18 Å². The lowest BCUT2D eigenvalue weighted by Gasteiger charge is -2.23. The lowest BCUT2D eigenvalue weighted by Crippen LogP contribution is -2.40. The molecule has 144 valence electrons. The number of aromatic nitrogens is 1. The SMILES string of the molecule is CSc1cc(Cl)nc2c(C)c(C[C@H](CCF)NC(=O)OC(C)(C)C)oc12. The molecular weight excluding hydrogens is 379 g/mol. The number of rotatable bonds is 6. The minimum absolute atomic E-state index is 0.166. The molecule has 1 atom stereocenters. The fourth-order valence-electron chi connectivity index (χ4n) is 2.57. The van der Waals surface area contributed by atoms with E-state index in [1.165, 1.54) is 11.8 Å². The summed E-state index contributed by atoms with van der Waals surface area (Å²) in [5.41, 5.74) is 1.57. The van der Waals surface area contributed by atoms with Crippen molar-refractivity contribution in [1.29, 1.82) is 0 Å². The van der Waals surface area contributed by atoms with Gasteiger partial charge in [-0.3, -0.25) is 4.39 Å². The van der Waals surface area contributed by atoms with Crippen molar-refractivity contribution in [3.8, 4) is 0 Å². The second-order valence-corrected chi connectivity index (χ2v) is 8.24. The molecule has 0 saturated heterocycles. The molecule has 0 fully saturated rings. The van der Waals surface area contributed by atoms with Crippen molar-refractivity contribution in [2.75, 3.05) is 12.9 Å². The molecule has 2 aromatic heterocycles. The van der Waals surface area contributed by atoms with E-state index in [0.29, 0.717) is 28.4 Å². The molecule has 0 saturated carbocycles. The Kier molecular flexibility index (Phi) is 6.80. The number of carbonyl (C=O) groups excluding carboxylic acids is 1. The smallest absolute Gasteiger partial charge is 0.407 e. The highest BCUT2D eigenvalue weighted by Crippen LogP contribution is 2.33. The number of aryl methyl sites for hydroxylation is 1. The first-order valence-corrected chi connectivity index (χ1v) is 9.93. The van der Waals surface area contributed by atoms with Crippen LogP contribution in [0.4, 0.5) is 9.18 Å². The molecule has 0 aliphatic heterocycles. The van der Waals surface area contributed by atoms with Crippen LogP contribution in [0.1, 0.15) is 38.5 Å². The van der Waals surface area contributed by atoms with Crippen molar-refractivity contribution in [2.24, 2.45) is 0 Å². The Morgan fingerprint density at radius 3 is 2.77 bits per heavy atom. The molecule has 0 bridgehead atoms. The Hall–Kier alpha value is -1.47. The van der Waals surface area contributed by atoms with Gasteiger partial charge >= 0.3 is 6.09 Å². The van der Waals surface area contributed by atoms with Crippen molar-refractivity contribution in [3.63, 3.8) is 0 Å². The summed E-state index contributed by atoms with van der Waals surface area (Å²) in [6.07, 6.45) is 1.87. The first-order valence-electron chi connectivity index (χ1n) is 8.32. The summed E-state index contributed by atoms with van der Waals surface area (Å²) < 4.78 is 24.2. The Labute approximate surface area is 162 Å². The van der Waals surface area contributed by atoms with Crippen molar-refractivity contribution < 1.29 is 18.3 Å². The summed E-state index contributed by atoms with van der Waals surface area (Å²) in [5, 5.41) is 3.11. The lowest BCUT2D eigenvalue weighted by molar-refractivity contribution is 0.0499. The Morgan fingerprint density at radius 1 is 1.50 bits per heavy atom. The molecule has 26 heavy (non-hydrogen) atoms.